The van der Waals surface area contributed by atoms with Gasteiger partial charge in [-0.1, -0.05) is 35.5 Å². The molecule has 1 amide bonds. The number of nitrogens with one attached hydrogen (secondary N) is 3. The largest absolute Gasteiger partial charge is 0.493 e. The van der Waals surface area contributed by atoms with Crippen molar-refractivity contribution in [3.63, 3.8) is 0 Å². The van der Waals surface area contributed by atoms with Gasteiger partial charge in [0.25, 0.3) is 11.5 Å². The van der Waals surface area contributed by atoms with Crippen LogP contribution in [-0.2, 0) is 6.54 Å². The Labute approximate surface area is 181 Å². The first-order valence-electron chi connectivity index (χ1n) is 9.57. The van der Waals surface area contributed by atoms with Gasteiger partial charge in [-0.15, -0.1) is 0 Å². The summed E-state index contributed by atoms with van der Waals surface area (Å²) in [4.78, 5) is 35.6. The van der Waals surface area contributed by atoms with Crippen molar-refractivity contribution in [3.8, 4) is 5.75 Å². The van der Waals surface area contributed by atoms with Crippen molar-refractivity contribution in [3.05, 3.63) is 76.1 Å². The lowest BCUT2D eigenvalue weighted by atomic mass is 10.2. The highest BCUT2D eigenvalue weighted by molar-refractivity contribution is 7.99. The van der Waals surface area contributed by atoms with Gasteiger partial charge in [-0.25, -0.2) is 9.97 Å². The Morgan fingerprint density at radius 3 is 2.97 bits per heavy atom. The number of H-pyrrole nitrogens is 2. The maximum atomic E-state index is 12.5. The quantitative estimate of drug-likeness (QED) is 0.286. The van der Waals surface area contributed by atoms with Crippen LogP contribution < -0.4 is 15.6 Å². The SMILES string of the molecule is Cc1ccc2nc(C(=O)NCc3cccc(OCCSc4ncn[nH]4)c3)[nH]c(=O)c2c1. The van der Waals surface area contributed by atoms with Crippen LogP contribution in [0, 0.1) is 6.92 Å². The summed E-state index contributed by atoms with van der Waals surface area (Å²) >= 11 is 1.52. The van der Waals surface area contributed by atoms with Crippen LogP contribution in [0.25, 0.3) is 10.9 Å². The summed E-state index contributed by atoms with van der Waals surface area (Å²) in [5.41, 5.74) is 1.97. The first kappa shape index (κ1) is 20.6. The maximum absolute atomic E-state index is 12.5. The van der Waals surface area contributed by atoms with Crippen LogP contribution in [0.3, 0.4) is 0 Å². The van der Waals surface area contributed by atoms with Crippen molar-refractivity contribution in [1.29, 1.82) is 0 Å². The minimum Gasteiger partial charge on any atom is -0.493 e. The molecule has 9 nitrogen and oxygen atoms in total. The van der Waals surface area contributed by atoms with Crippen LogP contribution in [0.15, 0.2) is 58.7 Å². The van der Waals surface area contributed by atoms with E-state index >= 15 is 0 Å². The van der Waals surface area contributed by atoms with Gasteiger partial charge in [-0.05, 0) is 36.8 Å². The number of nitrogens with zero attached hydrogens (tertiary/aromatic N) is 3. The smallest absolute Gasteiger partial charge is 0.287 e. The fourth-order valence-electron chi connectivity index (χ4n) is 2.93. The number of aromatic amines is 2. The average Bonchev–Trinajstić information content (AvgIpc) is 3.29. The average molecular weight is 436 g/mol. The van der Waals surface area contributed by atoms with Crippen molar-refractivity contribution in [2.24, 2.45) is 0 Å². The van der Waals surface area contributed by atoms with Crippen LogP contribution in [0.2, 0.25) is 0 Å². The van der Waals surface area contributed by atoms with Crippen molar-refractivity contribution >= 4 is 28.6 Å². The second-order valence-corrected chi connectivity index (χ2v) is 7.84. The Morgan fingerprint density at radius 1 is 1.23 bits per heavy atom. The van der Waals surface area contributed by atoms with Crippen LogP contribution in [0.1, 0.15) is 21.7 Å². The van der Waals surface area contributed by atoms with E-state index in [0.29, 0.717) is 23.3 Å². The molecule has 0 spiro atoms. The third-order valence-corrected chi connectivity index (χ3v) is 5.25. The summed E-state index contributed by atoms with van der Waals surface area (Å²) in [5.74, 6) is 0.960. The molecular weight excluding hydrogens is 416 g/mol. The summed E-state index contributed by atoms with van der Waals surface area (Å²) in [6.07, 6.45) is 1.46. The zero-order valence-corrected chi connectivity index (χ0v) is 17.5. The number of carbonyl (C=O) groups is 1. The van der Waals surface area contributed by atoms with Crippen LogP contribution >= 0.6 is 11.8 Å². The molecule has 0 atom stereocenters. The molecule has 0 saturated heterocycles. The van der Waals surface area contributed by atoms with E-state index in [1.165, 1.54) is 18.1 Å². The lowest BCUT2D eigenvalue weighted by Crippen LogP contribution is -2.27. The van der Waals surface area contributed by atoms with Gasteiger partial charge in [-0.2, -0.15) is 5.10 Å². The van der Waals surface area contributed by atoms with E-state index in [0.717, 1.165) is 22.0 Å². The molecule has 0 bridgehead atoms. The van der Waals surface area contributed by atoms with E-state index in [4.69, 9.17) is 4.74 Å². The number of aromatic nitrogens is 5. The summed E-state index contributed by atoms with van der Waals surface area (Å²) in [7, 11) is 0. The molecule has 3 N–H and O–H groups in total. The van der Waals surface area contributed by atoms with Gasteiger partial charge in [0.05, 0.1) is 17.5 Å². The second kappa shape index (κ2) is 9.43. The van der Waals surface area contributed by atoms with Crippen LogP contribution in [0.5, 0.6) is 5.75 Å². The molecule has 0 aliphatic heterocycles. The zero-order chi connectivity index (χ0) is 21.6. The van der Waals surface area contributed by atoms with Gasteiger partial charge in [0.1, 0.15) is 12.1 Å². The lowest BCUT2D eigenvalue weighted by Gasteiger charge is -2.09. The van der Waals surface area contributed by atoms with E-state index in [1.807, 2.05) is 37.3 Å². The normalized spacial score (nSPS) is 10.9. The number of rotatable bonds is 8. The highest BCUT2D eigenvalue weighted by atomic mass is 32.2. The molecule has 0 saturated carbocycles. The Bertz CT molecular complexity index is 1260. The molecule has 2 aromatic carbocycles. The maximum Gasteiger partial charge on any atom is 0.287 e. The Balaban J connectivity index is 1.34. The summed E-state index contributed by atoms with van der Waals surface area (Å²) < 4.78 is 5.75. The molecule has 0 radical (unpaired) electrons. The van der Waals surface area contributed by atoms with Crippen molar-refractivity contribution < 1.29 is 9.53 Å². The first-order valence-corrected chi connectivity index (χ1v) is 10.6. The molecule has 0 aliphatic rings. The predicted molar refractivity (Wildman–Crippen MR) is 117 cm³/mol. The van der Waals surface area contributed by atoms with Gasteiger partial charge in [0, 0.05) is 12.3 Å². The number of aryl methyl sites for hydroxylation is 1. The number of benzene rings is 2. The number of thioether (sulfide) groups is 1. The molecule has 0 fully saturated rings. The monoisotopic (exact) mass is 436 g/mol. The molecule has 0 aliphatic carbocycles. The first-order chi connectivity index (χ1) is 15.1. The predicted octanol–water partition coefficient (Wildman–Crippen LogP) is 2.45. The number of hydrogen-bond acceptors (Lipinski definition) is 7. The van der Waals surface area contributed by atoms with E-state index < -0.39 is 5.91 Å². The summed E-state index contributed by atoms with van der Waals surface area (Å²) in [5, 5.41) is 10.6. The third kappa shape index (κ3) is 5.28. The molecule has 4 aromatic rings. The van der Waals surface area contributed by atoms with E-state index in [-0.39, 0.29) is 17.9 Å². The van der Waals surface area contributed by atoms with Crippen molar-refractivity contribution in [2.45, 2.75) is 18.6 Å². The fraction of sp³-hybridized carbons (Fsp3) is 0.190. The van der Waals surface area contributed by atoms with E-state index in [1.54, 1.807) is 12.1 Å². The number of carbonyl (C=O) groups excluding carboxylic acids is 1. The van der Waals surface area contributed by atoms with Gasteiger partial charge in [0.15, 0.2) is 11.0 Å². The number of ether oxygens (including phenoxy) is 1. The molecule has 31 heavy (non-hydrogen) atoms. The molecular formula is C21H20N6O3S. The van der Waals surface area contributed by atoms with Crippen LogP contribution in [-0.4, -0.2) is 43.4 Å². The van der Waals surface area contributed by atoms with Gasteiger partial charge in [-0.3, -0.25) is 14.7 Å². The Morgan fingerprint density at radius 2 is 2.13 bits per heavy atom. The lowest BCUT2D eigenvalue weighted by molar-refractivity contribution is 0.0940. The highest BCUT2D eigenvalue weighted by Gasteiger charge is 2.11. The topological polar surface area (TPSA) is 126 Å². The molecule has 158 valence electrons. The zero-order valence-electron chi connectivity index (χ0n) is 16.7. The Hall–Kier alpha value is -3.66. The molecule has 0 unspecified atom stereocenters. The molecule has 4 rings (SSSR count). The van der Waals surface area contributed by atoms with Gasteiger partial charge < -0.3 is 15.0 Å². The highest BCUT2D eigenvalue weighted by Crippen LogP contribution is 2.16. The molecule has 10 heteroatoms. The standard InChI is InChI=1S/C21H20N6O3S/c1-13-5-6-17-16(9-13)19(28)26-18(25-17)20(29)22-11-14-3-2-4-15(10-14)30-7-8-31-21-23-12-24-27-21/h2-6,9-10,12H,7-8,11H2,1H3,(H,22,29)(H,23,24,27)(H,25,26,28). The number of amides is 1. The summed E-state index contributed by atoms with van der Waals surface area (Å²) in [6.45, 7) is 2.67. The number of fused-ring (bicyclic) bond motifs is 1. The number of hydrogen-bond donors (Lipinski definition) is 3. The van der Waals surface area contributed by atoms with Gasteiger partial charge in [0.2, 0.25) is 0 Å². The molecule has 2 aromatic heterocycles. The van der Waals surface area contributed by atoms with E-state index in [2.05, 4.69) is 30.5 Å². The van der Waals surface area contributed by atoms with Crippen molar-refractivity contribution in [1.82, 2.24) is 30.5 Å². The second-order valence-electron chi connectivity index (χ2n) is 6.75. The van der Waals surface area contributed by atoms with Crippen molar-refractivity contribution in [2.75, 3.05) is 12.4 Å². The van der Waals surface area contributed by atoms with E-state index in [9.17, 15) is 9.59 Å². The summed E-state index contributed by atoms with van der Waals surface area (Å²) in [6, 6.07) is 12.8. The van der Waals surface area contributed by atoms with Crippen LogP contribution in [0.4, 0.5) is 0 Å². The third-order valence-electron chi connectivity index (χ3n) is 4.41. The molecule has 2 heterocycles. The fourth-order valence-corrected chi connectivity index (χ4v) is 3.53. The van der Waals surface area contributed by atoms with Gasteiger partial charge >= 0.3 is 0 Å². The minimum atomic E-state index is -0.450. The minimum absolute atomic E-state index is 0.0156. The Kier molecular flexibility index (Phi) is 6.27.